The molecule has 25 heavy (non-hydrogen) atoms. The smallest absolute Gasteiger partial charge is 0.335 e. The number of methoxy groups -OCH3 is 1. The summed E-state index contributed by atoms with van der Waals surface area (Å²) < 4.78 is 5.09. The maximum absolute atomic E-state index is 12.8. The fraction of sp³-hybridized carbons (Fsp3) is 0.500. The zero-order valence-corrected chi connectivity index (χ0v) is 14.2. The lowest BCUT2D eigenvalue weighted by molar-refractivity contribution is -0.140. The van der Waals surface area contributed by atoms with E-state index in [-0.39, 0.29) is 29.3 Å². The first-order valence-electron chi connectivity index (χ1n) is 8.43. The molecule has 3 saturated heterocycles. The van der Waals surface area contributed by atoms with Gasteiger partial charge in [0.25, 0.3) is 5.91 Å². The number of carboxylic acids is 1. The van der Waals surface area contributed by atoms with Gasteiger partial charge in [0, 0.05) is 38.3 Å². The predicted molar refractivity (Wildman–Crippen MR) is 89.4 cm³/mol. The molecule has 3 aliphatic heterocycles. The average Bonchev–Trinajstić information content (AvgIpc) is 2.91. The SMILES string of the molecule is COCCN1C(=O)[C@@H]2CC[C@H]1CN(C(=O)c1ccc(C(=O)O)cc1)C2. The predicted octanol–water partition coefficient (Wildman–Crippen LogP) is 1.09. The number of rotatable bonds is 5. The molecule has 0 radical (unpaired) electrons. The Bertz CT molecular complexity index is 673. The number of hydrogen-bond donors (Lipinski definition) is 1. The van der Waals surface area contributed by atoms with Gasteiger partial charge < -0.3 is 19.6 Å². The van der Waals surface area contributed by atoms with Gasteiger partial charge in [0.15, 0.2) is 0 Å². The summed E-state index contributed by atoms with van der Waals surface area (Å²) in [6.45, 7) is 1.95. The van der Waals surface area contributed by atoms with Crippen molar-refractivity contribution in [2.45, 2.75) is 18.9 Å². The van der Waals surface area contributed by atoms with Crippen LogP contribution in [0.4, 0.5) is 0 Å². The molecule has 2 atom stereocenters. The molecule has 0 unspecified atom stereocenters. The van der Waals surface area contributed by atoms with Crippen molar-refractivity contribution in [2.75, 3.05) is 33.4 Å². The van der Waals surface area contributed by atoms with Gasteiger partial charge >= 0.3 is 5.97 Å². The molecule has 134 valence electrons. The molecular formula is C18H22N2O5. The third-order valence-electron chi connectivity index (χ3n) is 5.00. The van der Waals surface area contributed by atoms with Crippen LogP contribution in [0.1, 0.15) is 33.6 Å². The molecule has 2 amide bonds. The van der Waals surface area contributed by atoms with Gasteiger partial charge in [-0.3, -0.25) is 9.59 Å². The molecule has 3 fully saturated rings. The number of carboxylic acid groups (broad SMARTS) is 1. The Hall–Kier alpha value is -2.41. The van der Waals surface area contributed by atoms with Crippen LogP contribution in [0.5, 0.6) is 0 Å². The number of amides is 2. The van der Waals surface area contributed by atoms with Gasteiger partial charge in [0.2, 0.25) is 5.91 Å². The summed E-state index contributed by atoms with van der Waals surface area (Å²) in [4.78, 5) is 39.9. The number of carbonyl (C=O) groups is 3. The molecule has 2 bridgehead atoms. The van der Waals surface area contributed by atoms with Crippen LogP contribution in [0.3, 0.4) is 0 Å². The van der Waals surface area contributed by atoms with Crippen molar-refractivity contribution in [1.82, 2.24) is 9.80 Å². The zero-order chi connectivity index (χ0) is 18.0. The lowest BCUT2D eigenvalue weighted by Crippen LogP contribution is -2.49. The number of ether oxygens (including phenoxy) is 1. The van der Waals surface area contributed by atoms with Crippen LogP contribution in [0.2, 0.25) is 0 Å². The first-order chi connectivity index (χ1) is 12.0. The molecule has 3 aliphatic rings. The Morgan fingerprint density at radius 3 is 2.48 bits per heavy atom. The van der Waals surface area contributed by atoms with Gasteiger partial charge in [-0.25, -0.2) is 4.79 Å². The number of carbonyl (C=O) groups excluding carboxylic acids is 2. The van der Waals surface area contributed by atoms with Gasteiger partial charge in [0.05, 0.1) is 18.1 Å². The van der Waals surface area contributed by atoms with E-state index in [2.05, 4.69) is 0 Å². The maximum Gasteiger partial charge on any atom is 0.335 e. The van der Waals surface area contributed by atoms with Crippen molar-refractivity contribution in [2.24, 2.45) is 5.92 Å². The third-order valence-corrected chi connectivity index (χ3v) is 5.00. The minimum Gasteiger partial charge on any atom is -0.478 e. The lowest BCUT2D eigenvalue weighted by Gasteiger charge is -2.35. The Morgan fingerprint density at radius 1 is 1.16 bits per heavy atom. The summed E-state index contributed by atoms with van der Waals surface area (Å²) in [5, 5.41) is 8.96. The minimum absolute atomic E-state index is 0.0173. The molecule has 0 aromatic heterocycles. The number of nitrogens with zero attached hydrogens (tertiary/aromatic N) is 2. The molecule has 0 spiro atoms. The van der Waals surface area contributed by atoms with Crippen molar-refractivity contribution in [1.29, 1.82) is 0 Å². The van der Waals surface area contributed by atoms with Gasteiger partial charge in [0.1, 0.15) is 0 Å². The van der Waals surface area contributed by atoms with E-state index in [0.717, 1.165) is 12.8 Å². The van der Waals surface area contributed by atoms with Crippen LogP contribution in [0, 0.1) is 5.92 Å². The summed E-state index contributed by atoms with van der Waals surface area (Å²) in [6, 6.07) is 5.94. The Labute approximate surface area is 146 Å². The highest BCUT2D eigenvalue weighted by molar-refractivity contribution is 5.96. The highest BCUT2D eigenvalue weighted by Crippen LogP contribution is 2.29. The number of benzene rings is 1. The first kappa shape index (κ1) is 17.4. The maximum atomic E-state index is 12.8. The number of aromatic carboxylic acids is 1. The third kappa shape index (κ3) is 3.51. The van der Waals surface area contributed by atoms with Crippen molar-refractivity contribution in [3.8, 4) is 0 Å². The Morgan fingerprint density at radius 2 is 1.84 bits per heavy atom. The van der Waals surface area contributed by atoms with Gasteiger partial charge in [-0.2, -0.15) is 0 Å². The normalized spacial score (nSPS) is 22.8. The van der Waals surface area contributed by atoms with E-state index in [4.69, 9.17) is 9.84 Å². The van der Waals surface area contributed by atoms with Gasteiger partial charge in [-0.1, -0.05) is 0 Å². The molecule has 1 aromatic carbocycles. The fourth-order valence-corrected chi connectivity index (χ4v) is 3.63. The van der Waals surface area contributed by atoms with Crippen molar-refractivity contribution in [3.05, 3.63) is 35.4 Å². The van der Waals surface area contributed by atoms with E-state index >= 15 is 0 Å². The number of fused-ring (bicyclic) bond motifs is 4. The second-order valence-electron chi connectivity index (χ2n) is 6.55. The molecule has 1 N–H and O–H groups in total. The molecule has 7 nitrogen and oxygen atoms in total. The van der Waals surface area contributed by atoms with Crippen molar-refractivity contribution < 1.29 is 24.2 Å². The highest BCUT2D eigenvalue weighted by Gasteiger charge is 2.41. The average molecular weight is 346 g/mol. The summed E-state index contributed by atoms with van der Waals surface area (Å²) in [6.07, 6.45) is 1.69. The molecular weight excluding hydrogens is 324 g/mol. The molecule has 7 heteroatoms. The van der Waals surface area contributed by atoms with E-state index < -0.39 is 5.97 Å². The molecule has 0 saturated carbocycles. The van der Waals surface area contributed by atoms with Gasteiger partial charge in [-0.15, -0.1) is 0 Å². The summed E-state index contributed by atoms with van der Waals surface area (Å²) in [7, 11) is 1.61. The minimum atomic E-state index is -1.02. The van der Waals surface area contributed by atoms with Crippen LogP contribution in [0.25, 0.3) is 0 Å². The Kier molecular flexibility index (Phi) is 5.03. The topological polar surface area (TPSA) is 87.2 Å². The van der Waals surface area contributed by atoms with Crippen LogP contribution >= 0.6 is 0 Å². The van der Waals surface area contributed by atoms with E-state index in [1.54, 1.807) is 12.0 Å². The van der Waals surface area contributed by atoms with Crippen LogP contribution < -0.4 is 0 Å². The second-order valence-corrected chi connectivity index (χ2v) is 6.55. The van der Waals surface area contributed by atoms with Crippen molar-refractivity contribution in [3.63, 3.8) is 0 Å². The van der Waals surface area contributed by atoms with E-state index in [0.29, 0.717) is 31.8 Å². The summed E-state index contributed by atoms with van der Waals surface area (Å²) >= 11 is 0. The molecule has 3 heterocycles. The van der Waals surface area contributed by atoms with Crippen LogP contribution in [0.15, 0.2) is 24.3 Å². The molecule has 4 rings (SSSR count). The second kappa shape index (κ2) is 7.23. The van der Waals surface area contributed by atoms with Crippen LogP contribution in [-0.4, -0.2) is 72.1 Å². The Balaban J connectivity index is 1.76. The van der Waals surface area contributed by atoms with E-state index in [1.807, 2.05) is 4.90 Å². The summed E-state index contributed by atoms with van der Waals surface area (Å²) in [5.41, 5.74) is 0.593. The number of hydrogen-bond acceptors (Lipinski definition) is 4. The number of piperidine rings is 1. The molecule has 0 aliphatic carbocycles. The zero-order valence-electron chi connectivity index (χ0n) is 14.2. The molecule has 1 aromatic rings. The van der Waals surface area contributed by atoms with E-state index in [1.165, 1.54) is 24.3 Å². The largest absolute Gasteiger partial charge is 0.478 e. The first-order valence-corrected chi connectivity index (χ1v) is 8.43. The standard InChI is InChI=1S/C18H22N2O5/c1-25-9-8-20-15-7-6-14(17(20)22)10-19(11-15)16(21)12-2-4-13(5-3-12)18(23)24/h2-5,14-15H,6-11H2,1H3,(H,23,24)/t14-,15+/m1/s1. The summed E-state index contributed by atoms with van der Waals surface area (Å²) in [5.74, 6) is -1.25. The van der Waals surface area contributed by atoms with Gasteiger partial charge in [-0.05, 0) is 37.1 Å². The monoisotopic (exact) mass is 346 g/mol. The van der Waals surface area contributed by atoms with E-state index in [9.17, 15) is 14.4 Å². The van der Waals surface area contributed by atoms with Crippen LogP contribution in [-0.2, 0) is 9.53 Å². The quantitative estimate of drug-likeness (QED) is 0.862. The lowest BCUT2D eigenvalue weighted by atomic mass is 9.94. The highest BCUT2D eigenvalue weighted by atomic mass is 16.5. The van der Waals surface area contributed by atoms with Crippen molar-refractivity contribution >= 4 is 17.8 Å². The fourth-order valence-electron chi connectivity index (χ4n) is 3.63.